The van der Waals surface area contributed by atoms with E-state index in [1.165, 1.54) is 68.9 Å². The van der Waals surface area contributed by atoms with E-state index >= 15 is 0 Å². The normalized spacial score (nSPS) is 34.4. The SMILES string of the molecule is C=C1CCCC(OCc2ccccc2)CCC2=C(C)[C@@H]3[C@H]1CC[C@]3(C)CC2. The largest absolute Gasteiger partial charge is 0.374 e. The van der Waals surface area contributed by atoms with Crippen LogP contribution in [0.1, 0.15) is 77.2 Å². The van der Waals surface area contributed by atoms with E-state index in [9.17, 15) is 0 Å². The van der Waals surface area contributed by atoms with E-state index in [1.54, 1.807) is 11.1 Å². The van der Waals surface area contributed by atoms with Crippen LogP contribution in [-0.4, -0.2) is 6.10 Å². The molecule has 0 spiro atoms. The summed E-state index contributed by atoms with van der Waals surface area (Å²) >= 11 is 0. The molecule has 4 atom stereocenters. The fraction of sp³-hybridized carbons (Fsp3) is 0.615. The molecule has 1 aromatic rings. The summed E-state index contributed by atoms with van der Waals surface area (Å²) in [7, 11) is 0. The summed E-state index contributed by atoms with van der Waals surface area (Å²) in [5.41, 5.74) is 6.80. The van der Waals surface area contributed by atoms with Crippen molar-refractivity contribution in [2.75, 3.05) is 0 Å². The van der Waals surface area contributed by atoms with Gasteiger partial charge in [-0.2, -0.15) is 0 Å². The Kier molecular flexibility index (Phi) is 5.60. The van der Waals surface area contributed by atoms with Gasteiger partial charge in [0.25, 0.3) is 0 Å². The van der Waals surface area contributed by atoms with E-state index in [-0.39, 0.29) is 0 Å². The van der Waals surface area contributed by atoms with Crippen LogP contribution in [0.3, 0.4) is 0 Å². The Labute approximate surface area is 165 Å². The molecule has 1 unspecified atom stereocenters. The van der Waals surface area contributed by atoms with Crippen LogP contribution in [0, 0.1) is 17.3 Å². The molecule has 3 aliphatic rings. The number of benzene rings is 1. The van der Waals surface area contributed by atoms with Gasteiger partial charge in [0.1, 0.15) is 0 Å². The molecule has 0 N–H and O–H groups in total. The van der Waals surface area contributed by atoms with Gasteiger partial charge in [0, 0.05) is 0 Å². The van der Waals surface area contributed by atoms with Gasteiger partial charge in [0.15, 0.2) is 0 Å². The highest BCUT2D eigenvalue weighted by Crippen LogP contribution is 2.59. The van der Waals surface area contributed by atoms with E-state index in [0.717, 1.165) is 18.4 Å². The van der Waals surface area contributed by atoms with Crippen LogP contribution in [0.4, 0.5) is 0 Å². The first-order chi connectivity index (χ1) is 13.1. The summed E-state index contributed by atoms with van der Waals surface area (Å²) in [5.74, 6) is 1.49. The maximum absolute atomic E-state index is 6.38. The molecule has 1 nitrogen and oxygen atoms in total. The molecule has 146 valence electrons. The fourth-order valence-electron chi connectivity index (χ4n) is 6.19. The van der Waals surface area contributed by atoms with Gasteiger partial charge in [-0.05, 0) is 87.5 Å². The van der Waals surface area contributed by atoms with Crippen molar-refractivity contribution in [1.29, 1.82) is 0 Å². The first-order valence-electron chi connectivity index (χ1n) is 11.1. The van der Waals surface area contributed by atoms with Crippen LogP contribution in [0.25, 0.3) is 0 Å². The second kappa shape index (κ2) is 7.95. The summed E-state index contributed by atoms with van der Waals surface area (Å²) < 4.78 is 6.38. The highest BCUT2D eigenvalue weighted by atomic mass is 16.5. The van der Waals surface area contributed by atoms with Gasteiger partial charge >= 0.3 is 0 Å². The first-order valence-corrected chi connectivity index (χ1v) is 11.1. The molecule has 0 aromatic heterocycles. The number of hydrogen-bond acceptors (Lipinski definition) is 1. The van der Waals surface area contributed by atoms with Gasteiger partial charge < -0.3 is 4.74 Å². The molecular weight excluding hydrogens is 328 g/mol. The Morgan fingerprint density at radius 1 is 1.04 bits per heavy atom. The monoisotopic (exact) mass is 364 g/mol. The Hall–Kier alpha value is -1.34. The van der Waals surface area contributed by atoms with Crippen molar-refractivity contribution in [1.82, 2.24) is 0 Å². The number of allylic oxidation sites excluding steroid dienone is 3. The van der Waals surface area contributed by atoms with Gasteiger partial charge in [-0.25, -0.2) is 0 Å². The van der Waals surface area contributed by atoms with Gasteiger partial charge in [-0.1, -0.05) is 60.6 Å². The smallest absolute Gasteiger partial charge is 0.0720 e. The topological polar surface area (TPSA) is 9.23 Å². The lowest BCUT2D eigenvalue weighted by Gasteiger charge is -2.41. The van der Waals surface area contributed by atoms with Crippen molar-refractivity contribution in [2.45, 2.75) is 84.3 Å². The van der Waals surface area contributed by atoms with Crippen LogP contribution in [0.2, 0.25) is 0 Å². The molecule has 1 heteroatoms. The van der Waals surface area contributed by atoms with Crippen molar-refractivity contribution in [3.05, 3.63) is 59.2 Å². The fourth-order valence-corrected chi connectivity index (χ4v) is 6.19. The molecule has 0 aliphatic heterocycles. The van der Waals surface area contributed by atoms with E-state index in [1.807, 2.05) is 0 Å². The second-order valence-electron chi connectivity index (χ2n) is 9.57. The van der Waals surface area contributed by atoms with Gasteiger partial charge in [0.2, 0.25) is 0 Å². The lowest BCUT2D eigenvalue weighted by atomic mass is 9.64. The van der Waals surface area contributed by atoms with Crippen LogP contribution in [-0.2, 0) is 11.3 Å². The van der Waals surface area contributed by atoms with E-state index in [2.05, 4.69) is 50.8 Å². The Balaban J connectivity index is 1.50. The van der Waals surface area contributed by atoms with Gasteiger partial charge in [-0.3, -0.25) is 0 Å². The third-order valence-corrected chi connectivity index (χ3v) is 7.85. The minimum absolute atomic E-state index is 0.379. The molecular formula is C26H36O. The van der Waals surface area contributed by atoms with Crippen LogP contribution < -0.4 is 0 Å². The van der Waals surface area contributed by atoms with Crippen LogP contribution >= 0.6 is 0 Å². The predicted molar refractivity (Wildman–Crippen MR) is 113 cm³/mol. The Morgan fingerprint density at radius 3 is 2.67 bits per heavy atom. The van der Waals surface area contributed by atoms with E-state index < -0.39 is 0 Å². The molecule has 27 heavy (non-hydrogen) atoms. The highest BCUT2D eigenvalue weighted by Gasteiger charge is 2.48. The number of ether oxygens (including phenoxy) is 1. The molecule has 3 aliphatic carbocycles. The molecule has 1 aromatic carbocycles. The zero-order valence-corrected chi connectivity index (χ0v) is 17.3. The van der Waals surface area contributed by atoms with Crippen molar-refractivity contribution in [3.8, 4) is 0 Å². The summed E-state index contributed by atoms with van der Waals surface area (Å²) in [6.45, 7) is 10.3. The lowest BCUT2D eigenvalue weighted by molar-refractivity contribution is 0.0282. The molecule has 0 radical (unpaired) electrons. The van der Waals surface area contributed by atoms with Gasteiger partial charge in [0.05, 0.1) is 12.7 Å². The Morgan fingerprint density at radius 2 is 1.85 bits per heavy atom. The number of rotatable bonds is 3. The summed E-state index contributed by atoms with van der Waals surface area (Å²) in [6, 6.07) is 10.6. The molecule has 0 saturated heterocycles. The maximum atomic E-state index is 6.38. The minimum Gasteiger partial charge on any atom is -0.374 e. The average Bonchev–Trinajstić information content (AvgIpc) is 3.03. The van der Waals surface area contributed by atoms with Gasteiger partial charge in [-0.15, -0.1) is 0 Å². The molecule has 1 fully saturated rings. The molecule has 1 saturated carbocycles. The highest BCUT2D eigenvalue weighted by molar-refractivity contribution is 5.28. The van der Waals surface area contributed by atoms with Crippen molar-refractivity contribution < 1.29 is 4.74 Å². The summed E-state index contributed by atoms with van der Waals surface area (Å²) in [5, 5.41) is 0. The summed E-state index contributed by atoms with van der Waals surface area (Å²) in [6.07, 6.45) is 11.8. The van der Waals surface area contributed by atoms with Crippen molar-refractivity contribution >= 4 is 0 Å². The molecule has 0 heterocycles. The standard InChI is InChI=1S/C26H36O/c1-19-8-7-11-23(27-18-21-9-5-4-6-10-21)13-12-22-14-16-26(3)17-15-24(19)25(26)20(22)2/h4-6,9-10,23-25H,1,7-8,11-18H2,2-3H3/t23?,24-,25+,26-/m0/s1. The molecule has 2 bridgehead atoms. The maximum Gasteiger partial charge on any atom is 0.0720 e. The predicted octanol–water partition coefficient (Wildman–Crippen LogP) is 7.23. The lowest BCUT2D eigenvalue weighted by Crippen LogP contribution is -2.31. The minimum atomic E-state index is 0.379. The third kappa shape index (κ3) is 3.94. The van der Waals surface area contributed by atoms with Crippen LogP contribution in [0.15, 0.2) is 53.6 Å². The third-order valence-electron chi connectivity index (χ3n) is 7.85. The zero-order chi connectivity index (χ0) is 18.9. The average molecular weight is 365 g/mol. The summed E-state index contributed by atoms with van der Waals surface area (Å²) in [4.78, 5) is 0. The van der Waals surface area contributed by atoms with Crippen LogP contribution in [0.5, 0.6) is 0 Å². The molecule has 4 rings (SSSR count). The second-order valence-corrected chi connectivity index (χ2v) is 9.57. The quantitative estimate of drug-likeness (QED) is 0.514. The van der Waals surface area contributed by atoms with Crippen molar-refractivity contribution in [3.63, 3.8) is 0 Å². The zero-order valence-electron chi connectivity index (χ0n) is 17.3. The molecule has 0 amide bonds. The van der Waals surface area contributed by atoms with E-state index in [4.69, 9.17) is 4.74 Å². The van der Waals surface area contributed by atoms with E-state index in [0.29, 0.717) is 11.5 Å². The Bertz CT molecular complexity index is 700. The first kappa shape index (κ1) is 19.0. The number of hydrogen-bond donors (Lipinski definition) is 0. The van der Waals surface area contributed by atoms with Crippen molar-refractivity contribution in [2.24, 2.45) is 17.3 Å².